The van der Waals surface area contributed by atoms with E-state index in [-0.39, 0.29) is 21.5 Å². The number of ether oxygens (including phenoxy) is 2. The lowest BCUT2D eigenvalue weighted by molar-refractivity contribution is 0.0383. The predicted octanol–water partition coefficient (Wildman–Crippen LogP) is 2.98. The van der Waals surface area contributed by atoms with Crippen molar-refractivity contribution in [2.75, 3.05) is 12.4 Å². The van der Waals surface area contributed by atoms with Crippen LogP contribution in [0.15, 0.2) is 24.3 Å². The van der Waals surface area contributed by atoms with Crippen molar-refractivity contribution in [3.05, 3.63) is 45.8 Å². The summed E-state index contributed by atoms with van der Waals surface area (Å²) in [7, 11) is 1.50. The minimum Gasteiger partial charge on any atom is -0.497 e. The number of anilines is 1. The number of esters is 1. The molecule has 0 radical (unpaired) electrons. The van der Waals surface area contributed by atoms with Gasteiger partial charge in [-0.1, -0.05) is 6.07 Å². The van der Waals surface area contributed by atoms with Gasteiger partial charge in [-0.3, -0.25) is 9.59 Å². The van der Waals surface area contributed by atoms with Crippen LogP contribution < -0.4 is 15.8 Å². The average molecular weight is 376 g/mol. The zero-order chi connectivity index (χ0) is 19.4. The van der Waals surface area contributed by atoms with Gasteiger partial charge in [0.1, 0.15) is 15.6 Å². The molecule has 2 aromatic rings. The fraction of sp³-hybridized carbons (Fsp3) is 0.278. The number of primary amides is 1. The van der Waals surface area contributed by atoms with Gasteiger partial charge in [0, 0.05) is 5.56 Å². The Labute approximate surface area is 155 Å². The molecule has 0 fully saturated rings. The summed E-state index contributed by atoms with van der Waals surface area (Å²) in [4.78, 5) is 36.8. The van der Waals surface area contributed by atoms with E-state index in [0.29, 0.717) is 16.9 Å². The number of nitrogens with one attached hydrogen (secondary N) is 1. The van der Waals surface area contributed by atoms with E-state index in [1.54, 1.807) is 45.0 Å². The molecule has 0 aliphatic rings. The summed E-state index contributed by atoms with van der Waals surface area (Å²) in [5.74, 6) is -1.22. The van der Waals surface area contributed by atoms with Crippen LogP contribution in [0.25, 0.3) is 0 Å². The maximum atomic E-state index is 12.5. The number of methoxy groups -OCH3 is 1. The summed E-state index contributed by atoms with van der Waals surface area (Å²) in [5.41, 5.74) is 6.26. The number of carbonyl (C=O) groups excluding carboxylic acids is 3. The molecular weight excluding hydrogens is 356 g/mol. The Bertz CT molecular complexity index is 857. The first-order valence-electron chi connectivity index (χ1n) is 7.84. The molecular formula is C18H20N2O5S. The zero-order valence-corrected chi connectivity index (χ0v) is 15.7. The summed E-state index contributed by atoms with van der Waals surface area (Å²) in [6, 6.07) is 6.55. The van der Waals surface area contributed by atoms with E-state index >= 15 is 0 Å². The van der Waals surface area contributed by atoms with E-state index < -0.39 is 17.8 Å². The van der Waals surface area contributed by atoms with Crippen molar-refractivity contribution < 1.29 is 23.9 Å². The molecule has 26 heavy (non-hydrogen) atoms. The molecule has 7 nitrogen and oxygen atoms in total. The highest BCUT2D eigenvalue weighted by Crippen LogP contribution is 2.34. The van der Waals surface area contributed by atoms with Gasteiger partial charge in [-0.05, 0) is 44.5 Å². The molecule has 3 N–H and O–H groups in total. The standard InChI is InChI=1S/C18H20N2O5S/c1-9(2)25-18(23)14-10(3)13(15(19)21)17(26-14)20-16(22)11-6-5-7-12(8-11)24-4/h5-9H,1-4H3,(H2,19,21)(H,20,22). The fourth-order valence-electron chi connectivity index (χ4n) is 2.30. The maximum Gasteiger partial charge on any atom is 0.348 e. The molecule has 0 aliphatic carbocycles. The van der Waals surface area contributed by atoms with E-state index in [1.807, 2.05) is 0 Å². The Balaban J connectivity index is 2.37. The van der Waals surface area contributed by atoms with E-state index in [2.05, 4.69) is 5.32 Å². The second-order valence-electron chi connectivity index (χ2n) is 5.76. The highest BCUT2D eigenvalue weighted by atomic mass is 32.1. The quantitative estimate of drug-likeness (QED) is 0.754. The van der Waals surface area contributed by atoms with Gasteiger partial charge in [0.15, 0.2) is 0 Å². The number of hydrogen-bond acceptors (Lipinski definition) is 6. The molecule has 0 unspecified atom stereocenters. The van der Waals surface area contributed by atoms with Gasteiger partial charge in [0.05, 0.1) is 18.8 Å². The molecule has 0 saturated carbocycles. The normalized spacial score (nSPS) is 10.5. The Morgan fingerprint density at radius 2 is 1.92 bits per heavy atom. The summed E-state index contributed by atoms with van der Waals surface area (Å²) >= 11 is 0.959. The van der Waals surface area contributed by atoms with Crippen LogP contribution in [-0.2, 0) is 4.74 Å². The molecule has 0 atom stereocenters. The lowest BCUT2D eigenvalue weighted by Crippen LogP contribution is -2.17. The van der Waals surface area contributed by atoms with Gasteiger partial charge in [0.25, 0.3) is 11.8 Å². The summed E-state index contributed by atoms with van der Waals surface area (Å²) < 4.78 is 10.3. The SMILES string of the molecule is COc1cccc(C(=O)Nc2sc(C(=O)OC(C)C)c(C)c2C(N)=O)c1. The molecule has 2 amide bonds. The van der Waals surface area contributed by atoms with Crippen molar-refractivity contribution in [1.82, 2.24) is 0 Å². The number of hydrogen-bond donors (Lipinski definition) is 2. The predicted molar refractivity (Wildman–Crippen MR) is 99.1 cm³/mol. The molecule has 1 heterocycles. The van der Waals surface area contributed by atoms with Crippen molar-refractivity contribution in [3.63, 3.8) is 0 Å². The van der Waals surface area contributed by atoms with Crippen LogP contribution in [0.5, 0.6) is 5.75 Å². The molecule has 1 aromatic carbocycles. The van der Waals surface area contributed by atoms with Gasteiger partial charge < -0.3 is 20.5 Å². The third kappa shape index (κ3) is 4.20. The molecule has 138 valence electrons. The summed E-state index contributed by atoms with van der Waals surface area (Å²) in [6.07, 6.45) is -0.309. The Kier molecular flexibility index (Phi) is 5.99. The number of benzene rings is 1. The van der Waals surface area contributed by atoms with Crippen LogP contribution >= 0.6 is 11.3 Å². The zero-order valence-electron chi connectivity index (χ0n) is 14.9. The highest BCUT2D eigenvalue weighted by molar-refractivity contribution is 7.18. The van der Waals surface area contributed by atoms with Crippen molar-refractivity contribution in [3.8, 4) is 5.75 Å². The van der Waals surface area contributed by atoms with Gasteiger partial charge in [-0.2, -0.15) is 0 Å². The molecule has 2 rings (SSSR count). The van der Waals surface area contributed by atoms with Crippen molar-refractivity contribution in [2.45, 2.75) is 26.9 Å². The Morgan fingerprint density at radius 3 is 2.50 bits per heavy atom. The van der Waals surface area contributed by atoms with E-state index in [1.165, 1.54) is 7.11 Å². The van der Waals surface area contributed by atoms with E-state index in [4.69, 9.17) is 15.2 Å². The van der Waals surface area contributed by atoms with Crippen molar-refractivity contribution in [2.24, 2.45) is 5.73 Å². The topological polar surface area (TPSA) is 108 Å². The number of thiophene rings is 1. The lowest BCUT2D eigenvalue weighted by Gasteiger charge is -2.06. The monoisotopic (exact) mass is 376 g/mol. The van der Waals surface area contributed by atoms with E-state index in [9.17, 15) is 14.4 Å². The largest absolute Gasteiger partial charge is 0.497 e. The van der Waals surface area contributed by atoms with Crippen LogP contribution in [0.4, 0.5) is 5.00 Å². The van der Waals surface area contributed by atoms with Crippen LogP contribution in [0.1, 0.15) is 49.8 Å². The first kappa shape index (κ1) is 19.5. The molecule has 0 spiro atoms. The van der Waals surface area contributed by atoms with Crippen LogP contribution in [0, 0.1) is 6.92 Å². The minimum atomic E-state index is -0.733. The van der Waals surface area contributed by atoms with Gasteiger partial charge >= 0.3 is 5.97 Å². The van der Waals surface area contributed by atoms with Gasteiger partial charge in [-0.25, -0.2) is 4.79 Å². The third-order valence-electron chi connectivity index (χ3n) is 3.48. The highest BCUT2D eigenvalue weighted by Gasteiger charge is 2.26. The summed E-state index contributed by atoms with van der Waals surface area (Å²) in [6.45, 7) is 5.04. The lowest BCUT2D eigenvalue weighted by atomic mass is 10.1. The second-order valence-corrected chi connectivity index (χ2v) is 6.79. The average Bonchev–Trinajstić information content (AvgIpc) is 2.90. The Morgan fingerprint density at radius 1 is 1.23 bits per heavy atom. The number of amides is 2. The summed E-state index contributed by atoms with van der Waals surface area (Å²) in [5, 5.41) is 2.85. The van der Waals surface area contributed by atoms with Crippen LogP contribution in [-0.4, -0.2) is 31.0 Å². The minimum absolute atomic E-state index is 0.0990. The molecule has 0 aliphatic heterocycles. The van der Waals surface area contributed by atoms with Crippen LogP contribution in [0.3, 0.4) is 0 Å². The van der Waals surface area contributed by atoms with Crippen molar-refractivity contribution >= 4 is 34.1 Å². The third-order valence-corrected chi connectivity index (χ3v) is 4.67. The maximum absolute atomic E-state index is 12.5. The Hall–Kier alpha value is -2.87. The number of rotatable bonds is 6. The number of nitrogens with two attached hydrogens (primary N) is 1. The van der Waals surface area contributed by atoms with Gasteiger partial charge in [0.2, 0.25) is 0 Å². The first-order chi connectivity index (χ1) is 12.2. The van der Waals surface area contributed by atoms with Gasteiger partial charge in [-0.15, -0.1) is 11.3 Å². The van der Waals surface area contributed by atoms with E-state index in [0.717, 1.165) is 11.3 Å². The molecule has 8 heteroatoms. The fourth-order valence-corrected chi connectivity index (χ4v) is 3.39. The van der Waals surface area contributed by atoms with Crippen LogP contribution in [0.2, 0.25) is 0 Å². The molecule has 0 bridgehead atoms. The van der Waals surface area contributed by atoms with Crippen molar-refractivity contribution in [1.29, 1.82) is 0 Å². The number of carbonyl (C=O) groups is 3. The first-order valence-corrected chi connectivity index (χ1v) is 8.65. The second kappa shape index (κ2) is 8.01. The smallest absolute Gasteiger partial charge is 0.348 e. The molecule has 0 saturated heterocycles. The molecule has 1 aromatic heterocycles.